The van der Waals surface area contributed by atoms with Crippen molar-refractivity contribution in [3.05, 3.63) is 55.0 Å². The summed E-state index contributed by atoms with van der Waals surface area (Å²) in [5.74, 6) is 0.873. The van der Waals surface area contributed by atoms with Gasteiger partial charge in [-0.3, -0.25) is 5.01 Å². The Bertz CT molecular complexity index is 489. The van der Waals surface area contributed by atoms with E-state index in [0.29, 0.717) is 0 Å². The number of aromatic amines is 1. The maximum Gasteiger partial charge on any atom is 0.222 e. The monoisotopic (exact) mass is 226 g/mol. The maximum atomic E-state index is 4.31. The van der Waals surface area contributed by atoms with Crippen molar-refractivity contribution in [2.75, 3.05) is 16.6 Å². The van der Waals surface area contributed by atoms with Gasteiger partial charge in [-0.1, -0.05) is 24.3 Å². The van der Waals surface area contributed by atoms with Crippen LogP contribution >= 0.6 is 0 Å². The van der Waals surface area contributed by atoms with Crippen molar-refractivity contribution in [3.8, 4) is 0 Å². The highest BCUT2D eigenvalue weighted by Gasteiger charge is 2.18. The van der Waals surface area contributed by atoms with Crippen molar-refractivity contribution in [1.29, 1.82) is 0 Å². The number of anilines is 2. The van der Waals surface area contributed by atoms with E-state index in [1.165, 1.54) is 0 Å². The Morgan fingerprint density at radius 1 is 1.18 bits per heavy atom. The highest BCUT2D eigenvalue weighted by Crippen LogP contribution is 2.22. The van der Waals surface area contributed by atoms with Crippen LogP contribution in [0.3, 0.4) is 0 Å². The minimum Gasteiger partial charge on any atom is -0.330 e. The second-order valence-corrected chi connectivity index (χ2v) is 3.89. The number of para-hydroxylation sites is 1. The van der Waals surface area contributed by atoms with Crippen molar-refractivity contribution in [2.45, 2.75) is 6.42 Å². The van der Waals surface area contributed by atoms with E-state index in [4.69, 9.17) is 0 Å². The Kier molecular flexibility index (Phi) is 2.54. The average Bonchev–Trinajstić information content (AvgIpc) is 2.94. The standard InChI is InChI=1S/C13H14N4/c1-2-6-12(7-3-1)16-10-4-5-11-17(16)13-14-8-9-15-13/h1-4,6-10H,5,11H2,(H,14,15). The zero-order valence-electron chi connectivity index (χ0n) is 9.45. The molecule has 0 bridgehead atoms. The van der Waals surface area contributed by atoms with Crippen LogP contribution in [0.4, 0.5) is 11.6 Å². The number of aromatic nitrogens is 2. The molecular weight excluding hydrogens is 212 g/mol. The number of hydrogen-bond acceptors (Lipinski definition) is 3. The van der Waals surface area contributed by atoms with Crippen molar-refractivity contribution in [3.63, 3.8) is 0 Å². The molecule has 0 atom stereocenters. The van der Waals surface area contributed by atoms with Crippen molar-refractivity contribution >= 4 is 11.6 Å². The number of H-pyrrole nitrogens is 1. The lowest BCUT2D eigenvalue weighted by Crippen LogP contribution is -2.42. The van der Waals surface area contributed by atoms with Crippen LogP contribution in [0.2, 0.25) is 0 Å². The van der Waals surface area contributed by atoms with E-state index in [-0.39, 0.29) is 0 Å². The predicted molar refractivity (Wildman–Crippen MR) is 68.6 cm³/mol. The summed E-state index contributed by atoms with van der Waals surface area (Å²) in [5, 5.41) is 4.25. The second-order valence-electron chi connectivity index (χ2n) is 3.89. The minimum atomic E-state index is 0.873. The molecule has 2 heterocycles. The fourth-order valence-corrected chi connectivity index (χ4v) is 1.97. The average molecular weight is 226 g/mol. The molecular formula is C13H14N4. The maximum absolute atomic E-state index is 4.31. The lowest BCUT2D eigenvalue weighted by atomic mass is 10.3. The first-order chi connectivity index (χ1) is 8.45. The highest BCUT2D eigenvalue weighted by molar-refractivity contribution is 5.56. The number of nitrogens with zero attached hydrogens (tertiary/aromatic N) is 3. The molecule has 4 nitrogen and oxygen atoms in total. The Hall–Kier alpha value is -2.23. The topological polar surface area (TPSA) is 35.2 Å². The molecule has 1 aliphatic rings. The number of rotatable bonds is 2. The van der Waals surface area contributed by atoms with Crippen LogP contribution < -0.4 is 10.0 Å². The number of hydrogen-bond donors (Lipinski definition) is 1. The van der Waals surface area contributed by atoms with Gasteiger partial charge in [-0.2, -0.15) is 0 Å². The number of hydrazine groups is 1. The van der Waals surface area contributed by atoms with Crippen LogP contribution in [0.25, 0.3) is 0 Å². The summed E-state index contributed by atoms with van der Waals surface area (Å²) >= 11 is 0. The quantitative estimate of drug-likeness (QED) is 0.854. The summed E-state index contributed by atoms with van der Waals surface area (Å²) in [4.78, 5) is 7.46. The zero-order chi connectivity index (χ0) is 11.5. The number of nitrogens with one attached hydrogen (secondary N) is 1. The van der Waals surface area contributed by atoms with E-state index < -0.39 is 0 Å². The van der Waals surface area contributed by atoms with Crippen LogP contribution in [0.1, 0.15) is 6.42 Å². The Balaban J connectivity index is 1.96. The van der Waals surface area contributed by atoms with Gasteiger partial charge in [-0.15, -0.1) is 0 Å². The molecule has 1 aromatic carbocycles. The van der Waals surface area contributed by atoms with E-state index in [2.05, 4.69) is 44.4 Å². The summed E-state index contributed by atoms with van der Waals surface area (Å²) in [6, 6.07) is 10.3. The molecule has 1 aromatic heterocycles. The van der Waals surface area contributed by atoms with Gasteiger partial charge in [0.15, 0.2) is 0 Å². The first-order valence-corrected chi connectivity index (χ1v) is 5.73. The largest absolute Gasteiger partial charge is 0.330 e. The molecule has 0 aliphatic carbocycles. The molecule has 2 aromatic rings. The van der Waals surface area contributed by atoms with E-state index in [1.807, 2.05) is 24.4 Å². The van der Waals surface area contributed by atoms with Gasteiger partial charge in [0.1, 0.15) is 0 Å². The summed E-state index contributed by atoms with van der Waals surface area (Å²) < 4.78 is 0. The Morgan fingerprint density at radius 3 is 2.82 bits per heavy atom. The molecule has 1 N–H and O–H groups in total. The van der Waals surface area contributed by atoms with E-state index in [9.17, 15) is 0 Å². The van der Waals surface area contributed by atoms with Gasteiger partial charge >= 0.3 is 0 Å². The third kappa shape index (κ3) is 1.89. The van der Waals surface area contributed by atoms with Gasteiger partial charge in [0.25, 0.3) is 0 Å². The molecule has 0 saturated carbocycles. The minimum absolute atomic E-state index is 0.873. The third-order valence-corrected chi connectivity index (χ3v) is 2.76. The molecule has 0 amide bonds. The van der Waals surface area contributed by atoms with Crippen molar-refractivity contribution < 1.29 is 0 Å². The molecule has 0 saturated heterocycles. The van der Waals surface area contributed by atoms with Crippen LogP contribution in [0, 0.1) is 0 Å². The van der Waals surface area contributed by atoms with Gasteiger partial charge in [-0.25, -0.2) is 9.99 Å². The fourth-order valence-electron chi connectivity index (χ4n) is 1.97. The Morgan fingerprint density at radius 2 is 2.06 bits per heavy atom. The number of imidazole rings is 1. The first-order valence-electron chi connectivity index (χ1n) is 5.73. The summed E-state index contributed by atoms with van der Waals surface area (Å²) in [7, 11) is 0. The van der Waals surface area contributed by atoms with Crippen LogP contribution in [-0.4, -0.2) is 16.5 Å². The predicted octanol–water partition coefficient (Wildman–Crippen LogP) is 2.56. The third-order valence-electron chi connectivity index (χ3n) is 2.76. The SMILES string of the molecule is C1=CN(c2ccccc2)N(c2ncc[nH]2)CC1. The molecule has 0 spiro atoms. The zero-order valence-corrected chi connectivity index (χ0v) is 9.45. The molecule has 3 rings (SSSR count). The molecule has 0 radical (unpaired) electrons. The first kappa shape index (κ1) is 9.96. The van der Waals surface area contributed by atoms with Crippen molar-refractivity contribution in [2.24, 2.45) is 0 Å². The van der Waals surface area contributed by atoms with E-state index in [0.717, 1.165) is 24.6 Å². The van der Waals surface area contributed by atoms with Crippen LogP contribution in [0.5, 0.6) is 0 Å². The lowest BCUT2D eigenvalue weighted by Gasteiger charge is -2.36. The van der Waals surface area contributed by atoms with Crippen LogP contribution in [-0.2, 0) is 0 Å². The van der Waals surface area contributed by atoms with Gasteiger partial charge < -0.3 is 4.98 Å². The highest BCUT2D eigenvalue weighted by atomic mass is 15.7. The summed E-state index contributed by atoms with van der Waals surface area (Å²) in [5.41, 5.74) is 1.14. The normalized spacial score (nSPS) is 15.3. The Labute approximate surface area is 100 Å². The second kappa shape index (κ2) is 4.33. The molecule has 86 valence electrons. The molecule has 1 aliphatic heterocycles. The lowest BCUT2D eigenvalue weighted by molar-refractivity contribution is 0.746. The fraction of sp³-hybridized carbons (Fsp3) is 0.154. The molecule has 0 fully saturated rings. The van der Waals surface area contributed by atoms with Crippen molar-refractivity contribution in [1.82, 2.24) is 9.97 Å². The molecule has 4 heteroatoms. The van der Waals surface area contributed by atoms with Gasteiger partial charge in [-0.05, 0) is 18.6 Å². The molecule has 17 heavy (non-hydrogen) atoms. The van der Waals surface area contributed by atoms with Gasteiger partial charge in [0.2, 0.25) is 5.95 Å². The van der Waals surface area contributed by atoms with E-state index >= 15 is 0 Å². The van der Waals surface area contributed by atoms with Gasteiger partial charge in [0.05, 0.1) is 5.69 Å². The number of benzene rings is 1. The summed E-state index contributed by atoms with van der Waals surface area (Å²) in [6.45, 7) is 0.929. The smallest absolute Gasteiger partial charge is 0.222 e. The van der Waals surface area contributed by atoms with E-state index in [1.54, 1.807) is 6.20 Å². The van der Waals surface area contributed by atoms with Gasteiger partial charge in [0, 0.05) is 25.1 Å². The van der Waals surface area contributed by atoms with Crippen LogP contribution in [0.15, 0.2) is 55.0 Å². The summed E-state index contributed by atoms with van der Waals surface area (Å²) in [6.07, 6.45) is 8.91. The molecule has 0 unspecified atom stereocenters.